The van der Waals surface area contributed by atoms with E-state index >= 15 is 0 Å². The number of benzene rings is 1. The van der Waals surface area contributed by atoms with Crippen molar-refractivity contribution in [3.63, 3.8) is 0 Å². The lowest BCUT2D eigenvalue weighted by Crippen LogP contribution is -2.31. The van der Waals surface area contributed by atoms with Crippen LogP contribution in [-0.4, -0.2) is 11.7 Å². The second-order valence-corrected chi connectivity index (χ2v) is 3.42. The molecular formula is C9H12ClNO. The Morgan fingerprint density at radius 3 is 2.75 bits per heavy atom. The third kappa shape index (κ3) is 1.97. The van der Waals surface area contributed by atoms with E-state index in [1.165, 1.54) is 0 Å². The van der Waals surface area contributed by atoms with Gasteiger partial charge < -0.3 is 10.8 Å². The van der Waals surface area contributed by atoms with Gasteiger partial charge in [-0.25, -0.2) is 0 Å². The van der Waals surface area contributed by atoms with Gasteiger partial charge >= 0.3 is 0 Å². The molecule has 1 aromatic rings. The molecule has 0 radical (unpaired) electrons. The van der Waals surface area contributed by atoms with Gasteiger partial charge in [0.2, 0.25) is 0 Å². The Hall–Kier alpha value is -0.570. The second-order valence-electron chi connectivity index (χ2n) is 2.99. The smallest absolute Gasteiger partial charge is 0.0990 e. The third-order valence-corrected chi connectivity index (χ3v) is 2.08. The SMILES string of the molecule is C[C@](O)(CN)c1cccc(Cl)c1. The summed E-state index contributed by atoms with van der Waals surface area (Å²) in [5.74, 6) is 0. The summed E-state index contributed by atoms with van der Waals surface area (Å²) < 4.78 is 0. The molecule has 0 spiro atoms. The summed E-state index contributed by atoms with van der Waals surface area (Å²) in [7, 11) is 0. The molecule has 0 aliphatic heterocycles. The molecule has 1 aromatic carbocycles. The molecule has 3 N–H and O–H groups in total. The number of aliphatic hydroxyl groups is 1. The first-order valence-corrected chi connectivity index (χ1v) is 4.12. The predicted molar refractivity (Wildman–Crippen MR) is 50.1 cm³/mol. The van der Waals surface area contributed by atoms with E-state index in [1.807, 2.05) is 0 Å². The quantitative estimate of drug-likeness (QED) is 0.734. The van der Waals surface area contributed by atoms with Crippen molar-refractivity contribution in [2.24, 2.45) is 5.73 Å². The molecule has 0 unspecified atom stereocenters. The highest BCUT2D eigenvalue weighted by atomic mass is 35.5. The van der Waals surface area contributed by atoms with Gasteiger partial charge in [0.25, 0.3) is 0 Å². The van der Waals surface area contributed by atoms with Crippen LogP contribution in [0.3, 0.4) is 0 Å². The molecule has 0 aliphatic carbocycles. The Morgan fingerprint density at radius 2 is 2.25 bits per heavy atom. The zero-order valence-corrected chi connectivity index (χ0v) is 7.67. The molecular weight excluding hydrogens is 174 g/mol. The van der Waals surface area contributed by atoms with E-state index in [9.17, 15) is 5.11 Å². The number of hydrogen-bond donors (Lipinski definition) is 2. The molecule has 0 fully saturated rings. The standard InChI is InChI=1S/C9H12ClNO/c1-9(12,6-11)7-3-2-4-8(10)5-7/h2-5,12H,6,11H2,1H3/t9-/m0/s1. The van der Waals surface area contributed by atoms with E-state index < -0.39 is 5.60 Å². The summed E-state index contributed by atoms with van der Waals surface area (Å²) in [6.45, 7) is 1.85. The number of rotatable bonds is 2. The first-order chi connectivity index (χ1) is 5.56. The van der Waals surface area contributed by atoms with E-state index in [2.05, 4.69) is 0 Å². The lowest BCUT2D eigenvalue weighted by atomic mass is 9.97. The summed E-state index contributed by atoms with van der Waals surface area (Å²) in [4.78, 5) is 0. The minimum atomic E-state index is -0.981. The molecule has 2 nitrogen and oxygen atoms in total. The van der Waals surface area contributed by atoms with Crippen molar-refractivity contribution in [3.05, 3.63) is 34.9 Å². The summed E-state index contributed by atoms with van der Waals surface area (Å²) in [6.07, 6.45) is 0. The molecule has 3 heteroatoms. The van der Waals surface area contributed by atoms with Crippen molar-refractivity contribution in [2.75, 3.05) is 6.54 Å². The highest BCUT2D eigenvalue weighted by Gasteiger charge is 2.20. The fourth-order valence-electron chi connectivity index (χ4n) is 0.941. The zero-order chi connectivity index (χ0) is 9.19. The van der Waals surface area contributed by atoms with Crippen LogP contribution in [0.5, 0.6) is 0 Å². The summed E-state index contributed by atoms with van der Waals surface area (Å²) in [6, 6.07) is 7.08. The van der Waals surface area contributed by atoms with Gasteiger partial charge in [0.1, 0.15) is 0 Å². The minimum absolute atomic E-state index is 0.188. The average molecular weight is 186 g/mol. The molecule has 0 heterocycles. The lowest BCUT2D eigenvalue weighted by molar-refractivity contribution is 0.0668. The second kappa shape index (κ2) is 3.44. The van der Waals surface area contributed by atoms with Crippen molar-refractivity contribution in [2.45, 2.75) is 12.5 Å². The summed E-state index contributed by atoms with van der Waals surface area (Å²) in [5.41, 5.74) is 5.16. The van der Waals surface area contributed by atoms with E-state index in [4.69, 9.17) is 17.3 Å². The average Bonchev–Trinajstić information content (AvgIpc) is 2.05. The van der Waals surface area contributed by atoms with Crippen molar-refractivity contribution >= 4 is 11.6 Å². The Balaban J connectivity index is 3.03. The van der Waals surface area contributed by atoms with Gasteiger partial charge in [0.15, 0.2) is 0 Å². The predicted octanol–water partition coefficient (Wildman–Crippen LogP) is 1.51. The van der Waals surface area contributed by atoms with Gasteiger partial charge in [-0.2, -0.15) is 0 Å². The molecule has 0 amide bonds. The molecule has 0 saturated carbocycles. The highest BCUT2D eigenvalue weighted by Crippen LogP contribution is 2.21. The lowest BCUT2D eigenvalue weighted by Gasteiger charge is -2.21. The van der Waals surface area contributed by atoms with Crippen molar-refractivity contribution in [1.82, 2.24) is 0 Å². The minimum Gasteiger partial charge on any atom is -0.384 e. The maximum Gasteiger partial charge on any atom is 0.0990 e. The Kier molecular flexibility index (Phi) is 2.73. The molecule has 1 rings (SSSR count). The van der Waals surface area contributed by atoms with Crippen molar-refractivity contribution in [3.8, 4) is 0 Å². The topological polar surface area (TPSA) is 46.2 Å². The van der Waals surface area contributed by atoms with Gasteiger partial charge in [0, 0.05) is 11.6 Å². The molecule has 0 bridgehead atoms. The number of halogens is 1. The third-order valence-electron chi connectivity index (χ3n) is 1.84. The van der Waals surface area contributed by atoms with Crippen molar-refractivity contribution in [1.29, 1.82) is 0 Å². The maximum absolute atomic E-state index is 9.74. The maximum atomic E-state index is 9.74. The highest BCUT2D eigenvalue weighted by molar-refractivity contribution is 6.30. The fourth-order valence-corrected chi connectivity index (χ4v) is 1.13. The molecule has 12 heavy (non-hydrogen) atoms. The van der Waals surface area contributed by atoms with E-state index in [0.29, 0.717) is 5.02 Å². The largest absolute Gasteiger partial charge is 0.384 e. The van der Waals surface area contributed by atoms with Crippen LogP contribution in [0, 0.1) is 0 Å². The molecule has 0 saturated heterocycles. The first-order valence-electron chi connectivity index (χ1n) is 3.75. The zero-order valence-electron chi connectivity index (χ0n) is 6.92. The fraction of sp³-hybridized carbons (Fsp3) is 0.333. The van der Waals surface area contributed by atoms with E-state index in [-0.39, 0.29) is 6.54 Å². The van der Waals surface area contributed by atoms with Crippen molar-refractivity contribution < 1.29 is 5.11 Å². The van der Waals surface area contributed by atoms with E-state index in [0.717, 1.165) is 5.56 Å². The molecule has 1 atom stereocenters. The van der Waals surface area contributed by atoms with Gasteiger partial charge in [0.05, 0.1) is 5.60 Å². The normalized spacial score (nSPS) is 15.7. The Labute approximate surface area is 77.0 Å². The van der Waals surface area contributed by atoms with Gasteiger partial charge in [-0.15, -0.1) is 0 Å². The van der Waals surface area contributed by atoms with Gasteiger partial charge in [-0.05, 0) is 24.6 Å². The van der Waals surface area contributed by atoms with Gasteiger partial charge in [-0.1, -0.05) is 23.7 Å². The first kappa shape index (κ1) is 9.52. The van der Waals surface area contributed by atoms with Crippen LogP contribution in [-0.2, 0) is 5.60 Å². The monoisotopic (exact) mass is 185 g/mol. The number of nitrogens with two attached hydrogens (primary N) is 1. The van der Waals surface area contributed by atoms with Crippen LogP contribution in [0.4, 0.5) is 0 Å². The molecule has 0 aliphatic rings. The van der Waals surface area contributed by atoms with E-state index in [1.54, 1.807) is 31.2 Å². The van der Waals surface area contributed by atoms with Crippen LogP contribution < -0.4 is 5.73 Å². The molecule has 66 valence electrons. The Morgan fingerprint density at radius 1 is 1.58 bits per heavy atom. The summed E-state index contributed by atoms with van der Waals surface area (Å²) in [5, 5.41) is 10.3. The van der Waals surface area contributed by atoms with Crippen LogP contribution in [0.2, 0.25) is 5.02 Å². The summed E-state index contributed by atoms with van der Waals surface area (Å²) >= 11 is 5.76. The Bertz CT molecular complexity index is 273. The van der Waals surface area contributed by atoms with Crippen LogP contribution in [0.1, 0.15) is 12.5 Å². The van der Waals surface area contributed by atoms with Gasteiger partial charge in [-0.3, -0.25) is 0 Å². The number of hydrogen-bond acceptors (Lipinski definition) is 2. The van der Waals surface area contributed by atoms with Crippen LogP contribution >= 0.6 is 11.6 Å². The van der Waals surface area contributed by atoms with Crippen LogP contribution in [0.25, 0.3) is 0 Å². The van der Waals surface area contributed by atoms with Crippen LogP contribution in [0.15, 0.2) is 24.3 Å². The molecule has 0 aromatic heterocycles.